The summed E-state index contributed by atoms with van der Waals surface area (Å²) in [6.07, 6.45) is 0.254. The molecule has 0 amide bonds. The van der Waals surface area contributed by atoms with Crippen molar-refractivity contribution in [3.05, 3.63) is 0 Å². The standard InChI is InChI=1S/C10H16O5/c1-7(2)15-10(14)6-8(3-4-11)5-9(12)13/h4,7-8H,3,5-6H2,1-2H3,(H,12,13). The van der Waals surface area contributed by atoms with E-state index in [0.717, 1.165) is 0 Å². The first-order valence-electron chi connectivity index (χ1n) is 4.80. The van der Waals surface area contributed by atoms with Crippen molar-refractivity contribution >= 4 is 18.2 Å². The Balaban J connectivity index is 4.08. The predicted octanol–water partition coefficient (Wildman–Crippen LogP) is 1.01. The number of rotatable bonds is 7. The molecule has 0 spiro atoms. The van der Waals surface area contributed by atoms with Crippen LogP contribution in [0.1, 0.15) is 33.1 Å². The van der Waals surface area contributed by atoms with Gasteiger partial charge < -0.3 is 14.6 Å². The van der Waals surface area contributed by atoms with Crippen molar-refractivity contribution in [3.63, 3.8) is 0 Å². The lowest BCUT2D eigenvalue weighted by molar-refractivity contribution is -0.149. The monoisotopic (exact) mass is 216 g/mol. The second-order valence-electron chi connectivity index (χ2n) is 3.61. The topological polar surface area (TPSA) is 80.7 Å². The van der Waals surface area contributed by atoms with Crippen LogP contribution >= 0.6 is 0 Å². The molecule has 0 aromatic heterocycles. The second-order valence-corrected chi connectivity index (χ2v) is 3.61. The number of aliphatic carboxylic acids is 1. The van der Waals surface area contributed by atoms with Crippen LogP contribution in [0.4, 0.5) is 0 Å². The highest BCUT2D eigenvalue weighted by molar-refractivity contribution is 5.73. The molecule has 0 aliphatic heterocycles. The van der Waals surface area contributed by atoms with E-state index >= 15 is 0 Å². The molecule has 5 nitrogen and oxygen atoms in total. The first-order valence-corrected chi connectivity index (χ1v) is 4.80. The van der Waals surface area contributed by atoms with Gasteiger partial charge in [-0.15, -0.1) is 0 Å². The largest absolute Gasteiger partial charge is 0.481 e. The maximum atomic E-state index is 11.2. The van der Waals surface area contributed by atoms with E-state index in [-0.39, 0.29) is 25.4 Å². The summed E-state index contributed by atoms with van der Waals surface area (Å²) >= 11 is 0. The molecule has 5 heteroatoms. The molecule has 0 radical (unpaired) electrons. The van der Waals surface area contributed by atoms with E-state index in [0.29, 0.717) is 6.29 Å². The third-order valence-electron chi connectivity index (χ3n) is 1.72. The van der Waals surface area contributed by atoms with Gasteiger partial charge in [-0.05, 0) is 19.8 Å². The maximum absolute atomic E-state index is 11.2. The van der Waals surface area contributed by atoms with Crippen LogP contribution in [0.3, 0.4) is 0 Å². The molecule has 0 aliphatic rings. The number of hydrogen-bond acceptors (Lipinski definition) is 4. The Morgan fingerprint density at radius 2 is 1.93 bits per heavy atom. The fourth-order valence-corrected chi connectivity index (χ4v) is 1.17. The normalized spacial score (nSPS) is 12.2. The van der Waals surface area contributed by atoms with E-state index in [1.807, 2.05) is 0 Å². The molecule has 0 aliphatic carbocycles. The zero-order valence-electron chi connectivity index (χ0n) is 8.93. The molecule has 0 saturated heterocycles. The Bertz CT molecular complexity index is 234. The van der Waals surface area contributed by atoms with Gasteiger partial charge in [-0.1, -0.05) is 0 Å². The van der Waals surface area contributed by atoms with Crippen LogP contribution in [0.2, 0.25) is 0 Å². The van der Waals surface area contributed by atoms with Crippen LogP contribution in [-0.2, 0) is 19.1 Å². The van der Waals surface area contributed by atoms with Gasteiger partial charge in [0.2, 0.25) is 0 Å². The number of ether oxygens (including phenoxy) is 1. The van der Waals surface area contributed by atoms with E-state index in [2.05, 4.69) is 0 Å². The highest BCUT2D eigenvalue weighted by Crippen LogP contribution is 2.13. The van der Waals surface area contributed by atoms with Crippen LogP contribution in [-0.4, -0.2) is 29.4 Å². The van der Waals surface area contributed by atoms with Crippen molar-refractivity contribution in [2.75, 3.05) is 0 Å². The molecule has 15 heavy (non-hydrogen) atoms. The van der Waals surface area contributed by atoms with Crippen molar-refractivity contribution in [2.45, 2.75) is 39.2 Å². The number of carbonyl (C=O) groups excluding carboxylic acids is 2. The molecular weight excluding hydrogens is 200 g/mol. The van der Waals surface area contributed by atoms with Gasteiger partial charge in [0.25, 0.3) is 0 Å². The van der Waals surface area contributed by atoms with E-state index in [4.69, 9.17) is 9.84 Å². The van der Waals surface area contributed by atoms with Crippen molar-refractivity contribution in [1.82, 2.24) is 0 Å². The average Bonchev–Trinajstić information content (AvgIpc) is 2.00. The maximum Gasteiger partial charge on any atom is 0.306 e. The molecule has 0 aromatic carbocycles. The average molecular weight is 216 g/mol. The SMILES string of the molecule is CC(C)OC(=O)CC(CC=O)CC(=O)O. The summed E-state index contributed by atoms with van der Waals surface area (Å²) in [6, 6.07) is 0. The minimum atomic E-state index is -1.01. The molecular formula is C10H16O5. The smallest absolute Gasteiger partial charge is 0.306 e. The summed E-state index contributed by atoms with van der Waals surface area (Å²) in [5, 5.41) is 8.54. The predicted molar refractivity (Wildman–Crippen MR) is 52.3 cm³/mol. The number of carboxylic acids is 1. The lowest BCUT2D eigenvalue weighted by Crippen LogP contribution is -2.18. The highest BCUT2D eigenvalue weighted by atomic mass is 16.5. The molecule has 1 unspecified atom stereocenters. The molecule has 86 valence electrons. The van der Waals surface area contributed by atoms with Gasteiger partial charge in [-0.3, -0.25) is 9.59 Å². The molecule has 0 aromatic rings. The zero-order chi connectivity index (χ0) is 11.8. The molecule has 0 heterocycles. The Hall–Kier alpha value is -1.39. The van der Waals surface area contributed by atoms with Crippen LogP contribution < -0.4 is 0 Å². The summed E-state index contributed by atoms with van der Waals surface area (Å²) in [4.78, 5) is 31.9. The lowest BCUT2D eigenvalue weighted by Gasteiger charge is -2.12. The quantitative estimate of drug-likeness (QED) is 0.507. The Morgan fingerprint density at radius 3 is 2.33 bits per heavy atom. The van der Waals surface area contributed by atoms with Crippen LogP contribution in [0.5, 0.6) is 0 Å². The van der Waals surface area contributed by atoms with Gasteiger partial charge in [-0.25, -0.2) is 0 Å². The van der Waals surface area contributed by atoms with E-state index in [1.165, 1.54) is 0 Å². The van der Waals surface area contributed by atoms with Gasteiger partial charge in [0, 0.05) is 19.3 Å². The van der Waals surface area contributed by atoms with Crippen LogP contribution in [0, 0.1) is 5.92 Å². The molecule has 0 rings (SSSR count). The number of aldehydes is 1. The molecule has 0 fully saturated rings. The van der Waals surface area contributed by atoms with Crippen LogP contribution in [0.15, 0.2) is 0 Å². The summed E-state index contributed by atoms with van der Waals surface area (Å²) < 4.78 is 4.86. The van der Waals surface area contributed by atoms with E-state index in [1.54, 1.807) is 13.8 Å². The number of carbonyl (C=O) groups is 3. The second kappa shape index (κ2) is 6.98. The molecule has 0 saturated carbocycles. The van der Waals surface area contributed by atoms with Gasteiger partial charge in [0.05, 0.1) is 6.10 Å². The summed E-state index contributed by atoms with van der Waals surface area (Å²) in [5.74, 6) is -1.94. The van der Waals surface area contributed by atoms with Crippen molar-refractivity contribution < 1.29 is 24.2 Å². The first kappa shape index (κ1) is 13.6. The van der Waals surface area contributed by atoms with Gasteiger partial charge in [-0.2, -0.15) is 0 Å². The van der Waals surface area contributed by atoms with E-state index < -0.39 is 17.9 Å². The third kappa shape index (κ3) is 7.66. The van der Waals surface area contributed by atoms with Gasteiger partial charge in [0.1, 0.15) is 6.29 Å². The van der Waals surface area contributed by atoms with Crippen molar-refractivity contribution in [1.29, 1.82) is 0 Å². The van der Waals surface area contributed by atoms with Crippen molar-refractivity contribution in [3.8, 4) is 0 Å². The molecule has 1 N–H and O–H groups in total. The highest BCUT2D eigenvalue weighted by Gasteiger charge is 2.18. The van der Waals surface area contributed by atoms with Crippen molar-refractivity contribution in [2.24, 2.45) is 5.92 Å². The summed E-state index contributed by atoms with van der Waals surface area (Å²) in [6.45, 7) is 3.42. The molecule has 1 atom stereocenters. The van der Waals surface area contributed by atoms with Gasteiger partial charge >= 0.3 is 11.9 Å². The Kier molecular flexibility index (Phi) is 6.33. The zero-order valence-corrected chi connectivity index (χ0v) is 8.93. The minimum Gasteiger partial charge on any atom is -0.481 e. The third-order valence-corrected chi connectivity index (χ3v) is 1.72. The fourth-order valence-electron chi connectivity index (χ4n) is 1.17. The lowest BCUT2D eigenvalue weighted by atomic mass is 9.98. The fraction of sp³-hybridized carbons (Fsp3) is 0.700. The number of esters is 1. The van der Waals surface area contributed by atoms with Gasteiger partial charge in [0.15, 0.2) is 0 Å². The molecule has 0 bridgehead atoms. The number of hydrogen-bond donors (Lipinski definition) is 1. The van der Waals surface area contributed by atoms with E-state index in [9.17, 15) is 14.4 Å². The number of carboxylic acid groups (broad SMARTS) is 1. The first-order chi connectivity index (χ1) is 6.95. The van der Waals surface area contributed by atoms with Crippen LogP contribution in [0.25, 0.3) is 0 Å². The minimum absolute atomic E-state index is 0.0246. The Labute approximate surface area is 88.4 Å². The Morgan fingerprint density at radius 1 is 1.33 bits per heavy atom. The summed E-state index contributed by atoms with van der Waals surface area (Å²) in [7, 11) is 0. The summed E-state index contributed by atoms with van der Waals surface area (Å²) in [5.41, 5.74) is 0.